The Bertz CT molecular complexity index is 839. The van der Waals surface area contributed by atoms with Crippen molar-refractivity contribution in [3.63, 3.8) is 0 Å². The van der Waals surface area contributed by atoms with Crippen molar-refractivity contribution in [1.82, 2.24) is 20.2 Å². The number of amides is 4. The zero-order valence-corrected chi connectivity index (χ0v) is 22.8. The first-order chi connectivity index (χ1) is 16.7. The summed E-state index contributed by atoms with van der Waals surface area (Å²) in [5.41, 5.74) is 0. The van der Waals surface area contributed by atoms with E-state index in [1.165, 1.54) is 24.1 Å². The molecule has 0 unspecified atom stereocenters. The van der Waals surface area contributed by atoms with Gasteiger partial charge in [-0.3, -0.25) is 24.0 Å². The number of carboxylic acid groups (broad SMARTS) is 1. The highest BCUT2D eigenvalue weighted by Crippen LogP contribution is 2.24. The first kappa shape index (κ1) is 31.2. The second-order valence-electron chi connectivity index (χ2n) is 10.0. The summed E-state index contributed by atoms with van der Waals surface area (Å²) in [7, 11) is 4.50. The molecule has 1 aliphatic rings. The van der Waals surface area contributed by atoms with Crippen molar-refractivity contribution in [2.75, 3.05) is 21.2 Å². The zero-order valence-electron chi connectivity index (χ0n) is 22.8. The number of carbonyl (C=O) groups is 5. The molecule has 1 heterocycles. The average Bonchev–Trinajstić information content (AvgIpc) is 3.13. The molecule has 1 aliphatic heterocycles. The Labute approximate surface area is 213 Å². The minimum atomic E-state index is -1.03. The lowest BCUT2D eigenvalue weighted by Gasteiger charge is -2.40. The van der Waals surface area contributed by atoms with E-state index < -0.39 is 47.9 Å². The molecule has 2 N–H and O–H groups in total. The van der Waals surface area contributed by atoms with Crippen molar-refractivity contribution in [3.05, 3.63) is 12.2 Å². The number of methoxy groups -OCH3 is 1. The molecular formula is C25H42N4O7. The number of carbonyl (C=O) groups excluding carboxylic acids is 4. The molecule has 0 bridgehead atoms. The lowest BCUT2D eigenvalue weighted by Crippen LogP contribution is -2.61. The molecule has 36 heavy (non-hydrogen) atoms. The van der Waals surface area contributed by atoms with Crippen LogP contribution in [-0.2, 0) is 28.7 Å². The number of rotatable bonds is 14. The monoisotopic (exact) mass is 510 g/mol. The van der Waals surface area contributed by atoms with Gasteiger partial charge in [-0.1, -0.05) is 48.0 Å². The molecule has 0 spiro atoms. The Kier molecular flexibility index (Phi) is 11.7. The topological polar surface area (TPSA) is 137 Å². The SMILES string of the molecule is CC[C@H](C)[C@@H]([C@@H](CC(=O)O)OC)N(C)C(=O)[C@@H](NC(=O)[C@H](C(C)C)N(C)N1C(=O)C=CC1=O)C(C)C. The predicted molar refractivity (Wildman–Crippen MR) is 133 cm³/mol. The van der Waals surface area contributed by atoms with Crippen molar-refractivity contribution < 1.29 is 33.8 Å². The number of ether oxygens (including phenoxy) is 1. The van der Waals surface area contributed by atoms with Crippen LogP contribution >= 0.6 is 0 Å². The van der Waals surface area contributed by atoms with Crippen molar-refractivity contribution in [2.24, 2.45) is 17.8 Å². The normalized spacial score (nSPS) is 17.9. The Morgan fingerprint density at radius 3 is 1.94 bits per heavy atom. The molecule has 0 saturated carbocycles. The van der Waals surface area contributed by atoms with E-state index in [2.05, 4.69) is 5.32 Å². The third kappa shape index (κ3) is 7.36. The minimum absolute atomic E-state index is 0.0685. The maximum atomic E-state index is 13.7. The Morgan fingerprint density at radius 1 is 1.03 bits per heavy atom. The highest BCUT2D eigenvalue weighted by Gasteiger charge is 2.41. The van der Waals surface area contributed by atoms with Crippen LogP contribution in [0, 0.1) is 17.8 Å². The number of carboxylic acids is 1. The minimum Gasteiger partial charge on any atom is -0.481 e. The summed E-state index contributed by atoms with van der Waals surface area (Å²) in [6.07, 6.45) is 1.97. The first-order valence-corrected chi connectivity index (χ1v) is 12.3. The smallest absolute Gasteiger partial charge is 0.306 e. The number of aliphatic carboxylic acids is 1. The van der Waals surface area contributed by atoms with Crippen LogP contribution in [0.4, 0.5) is 0 Å². The summed E-state index contributed by atoms with van der Waals surface area (Å²) < 4.78 is 5.47. The van der Waals surface area contributed by atoms with Gasteiger partial charge in [0.15, 0.2) is 0 Å². The summed E-state index contributed by atoms with van der Waals surface area (Å²) in [5, 5.41) is 14.4. The fourth-order valence-corrected chi connectivity index (χ4v) is 4.60. The number of likely N-dealkylation sites (N-methyl/N-ethyl adjacent to an activating group) is 2. The van der Waals surface area contributed by atoms with E-state index in [0.717, 1.165) is 17.2 Å². The summed E-state index contributed by atoms with van der Waals surface area (Å²) in [5.74, 6) is -3.66. The number of nitrogens with one attached hydrogen (secondary N) is 1. The molecule has 4 amide bonds. The van der Waals surface area contributed by atoms with Crippen molar-refractivity contribution in [3.8, 4) is 0 Å². The first-order valence-electron chi connectivity index (χ1n) is 12.3. The van der Waals surface area contributed by atoms with Gasteiger partial charge in [0.05, 0.1) is 18.6 Å². The third-order valence-corrected chi connectivity index (χ3v) is 6.72. The predicted octanol–water partition coefficient (Wildman–Crippen LogP) is 1.29. The molecule has 0 fully saturated rings. The van der Waals surface area contributed by atoms with Crippen LogP contribution in [0.15, 0.2) is 12.2 Å². The lowest BCUT2D eigenvalue weighted by atomic mass is 9.90. The van der Waals surface area contributed by atoms with Crippen LogP contribution < -0.4 is 5.32 Å². The van der Waals surface area contributed by atoms with Crippen LogP contribution in [0.5, 0.6) is 0 Å². The fraction of sp³-hybridized carbons (Fsp3) is 0.720. The molecule has 11 nitrogen and oxygen atoms in total. The van der Waals surface area contributed by atoms with Gasteiger partial charge in [0.1, 0.15) is 12.1 Å². The van der Waals surface area contributed by atoms with Gasteiger partial charge >= 0.3 is 5.97 Å². The number of hydrogen-bond acceptors (Lipinski definition) is 7. The Balaban J connectivity index is 3.23. The van der Waals surface area contributed by atoms with Crippen LogP contribution in [0.25, 0.3) is 0 Å². The summed E-state index contributed by atoms with van der Waals surface area (Å²) in [6, 6.07) is -2.35. The number of imide groups is 1. The summed E-state index contributed by atoms with van der Waals surface area (Å²) in [6.45, 7) is 11.0. The molecule has 0 radical (unpaired) electrons. The quantitative estimate of drug-likeness (QED) is 0.334. The van der Waals surface area contributed by atoms with Gasteiger partial charge in [-0.25, -0.2) is 10.0 Å². The fourth-order valence-electron chi connectivity index (χ4n) is 4.60. The van der Waals surface area contributed by atoms with E-state index >= 15 is 0 Å². The highest BCUT2D eigenvalue weighted by molar-refractivity contribution is 6.12. The van der Waals surface area contributed by atoms with Crippen LogP contribution in [0.2, 0.25) is 0 Å². The molecule has 1 rings (SSSR count). The maximum Gasteiger partial charge on any atom is 0.306 e. The average molecular weight is 511 g/mol. The molecule has 5 atom stereocenters. The second-order valence-corrected chi connectivity index (χ2v) is 10.0. The molecule has 11 heteroatoms. The Hall–Kier alpha value is -2.79. The van der Waals surface area contributed by atoms with Gasteiger partial charge in [-0.15, -0.1) is 0 Å². The molecular weight excluding hydrogens is 468 g/mol. The molecule has 0 aromatic carbocycles. The Morgan fingerprint density at radius 2 is 1.56 bits per heavy atom. The van der Waals surface area contributed by atoms with E-state index in [9.17, 15) is 29.1 Å². The molecule has 0 saturated heterocycles. The summed E-state index contributed by atoms with van der Waals surface area (Å²) in [4.78, 5) is 64.3. The van der Waals surface area contributed by atoms with Gasteiger partial charge in [-0.2, -0.15) is 0 Å². The van der Waals surface area contributed by atoms with Crippen molar-refractivity contribution >= 4 is 29.6 Å². The second kappa shape index (κ2) is 13.5. The summed E-state index contributed by atoms with van der Waals surface area (Å²) >= 11 is 0. The highest BCUT2D eigenvalue weighted by atomic mass is 16.5. The van der Waals surface area contributed by atoms with Gasteiger partial charge < -0.3 is 20.1 Å². The van der Waals surface area contributed by atoms with E-state index in [1.807, 2.05) is 13.8 Å². The van der Waals surface area contributed by atoms with Crippen LogP contribution in [0.3, 0.4) is 0 Å². The molecule has 0 aromatic heterocycles. The van der Waals surface area contributed by atoms with Gasteiger partial charge in [0.2, 0.25) is 11.8 Å². The molecule has 0 aromatic rings. The van der Waals surface area contributed by atoms with Gasteiger partial charge in [-0.05, 0) is 17.8 Å². The van der Waals surface area contributed by atoms with E-state index in [1.54, 1.807) is 34.7 Å². The van der Waals surface area contributed by atoms with Gasteiger partial charge in [0.25, 0.3) is 11.8 Å². The third-order valence-electron chi connectivity index (χ3n) is 6.72. The van der Waals surface area contributed by atoms with E-state index in [4.69, 9.17) is 4.74 Å². The molecule has 204 valence electrons. The van der Waals surface area contributed by atoms with Crippen molar-refractivity contribution in [2.45, 2.75) is 78.6 Å². The lowest BCUT2D eigenvalue weighted by molar-refractivity contribution is -0.162. The van der Waals surface area contributed by atoms with Crippen LogP contribution in [0.1, 0.15) is 54.4 Å². The number of hydrogen-bond donors (Lipinski definition) is 2. The van der Waals surface area contributed by atoms with Gasteiger partial charge in [0, 0.05) is 33.4 Å². The largest absolute Gasteiger partial charge is 0.481 e. The zero-order chi connectivity index (χ0) is 27.9. The number of hydrazine groups is 1. The number of nitrogens with zero attached hydrogens (tertiary/aromatic N) is 3. The van der Waals surface area contributed by atoms with E-state index in [0.29, 0.717) is 6.42 Å². The molecule has 0 aliphatic carbocycles. The van der Waals surface area contributed by atoms with Crippen LogP contribution in [-0.4, -0.2) is 95.1 Å². The van der Waals surface area contributed by atoms with Crippen molar-refractivity contribution in [1.29, 1.82) is 0 Å². The standard InChI is InChI=1S/C25H42N4O7/c1-10-16(6)23(17(36-9)13-20(32)33)27(7)25(35)21(14(2)3)26-24(34)22(15(4)5)28(8)29-18(30)11-12-19(29)31/h11-12,14-17,21-23H,10,13H2,1-9H3,(H,26,34)(H,32,33)/t16-,17+,21-,22-,23-/m0/s1. The maximum absolute atomic E-state index is 13.7. The van der Waals surface area contributed by atoms with E-state index in [-0.39, 0.29) is 30.1 Å².